The number of phenolic OH excluding ortho intramolecular Hbond substituents is 1. The molecule has 0 aliphatic carbocycles. The smallest absolute Gasteiger partial charge is 0.232 e. The molecule has 1 aliphatic rings. The Bertz CT molecular complexity index is 936. The Morgan fingerprint density at radius 2 is 1.73 bits per heavy atom. The second kappa shape index (κ2) is 9.48. The molecule has 0 spiro atoms. The van der Waals surface area contributed by atoms with Crippen molar-refractivity contribution in [1.29, 1.82) is 0 Å². The highest BCUT2D eigenvalue weighted by atomic mass is 16.5. The lowest BCUT2D eigenvalue weighted by atomic mass is 9.98. The molecule has 0 atom stereocenters. The Morgan fingerprint density at radius 3 is 2.30 bits per heavy atom. The van der Waals surface area contributed by atoms with Crippen molar-refractivity contribution in [2.45, 2.75) is 59.9 Å². The van der Waals surface area contributed by atoms with Crippen LogP contribution in [0.15, 0.2) is 36.1 Å². The fourth-order valence-electron chi connectivity index (χ4n) is 3.99. The molecule has 0 aromatic heterocycles. The van der Waals surface area contributed by atoms with Gasteiger partial charge in [0.15, 0.2) is 5.76 Å². The second-order valence-corrected chi connectivity index (χ2v) is 8.43. The summed E-state index contributed by atoms with van der Waals surface area (Å²) in [6.45, 7) is 12.9. The highest BCUT2D eigenvalue weighted by Gasteiger charge is 2.33. The molecule has 0 saturated heterocycles. The number of allylic oxidation sites excluding steroid dienone is 1. The van der Waals surface area contributed by atoms with E-state index in [1.54, 1.807) is 12.1 Å². The molecule has 1 N–H and O–H groups in total. The minimum atomic E-state index is -0.116. The van der Waals surface area contributed by atoms with Crippen LogP contribution in [0.25, 0.3) is 6.08 Å². The molecular formula is C26H33NO3. The summed E-state index contributed by atoms with van der Waals surface area (Å²) in [7, 11) is 0. The number of ether oxygens (including phenoxy) is 1. The molecular weight excluding hydrogens is 374 g/mol. The molecule has 2 aromatic rings. The Labute approximate surface area is 180 Å². The van der Waals surface area contributed by atoms with Gasteiger partial charge in [-0.15, -0.1) is 0 Å². The number of nitrogens with zero attached hydrogens (tertiary/aromatic N) is 1. The first-order chi connectivity index (χ1) is 14.3. The molecule has 0 unspecified atom stereocenters. The number of hydrogen-bond acceptors (Lipinski definition) is 4. The van der Waals surface area contributed by atoms with E-state index in [0.717, 1.165) is 37.1 Å². The predicted octanol–water partition coefficient (Wildman–Crippen LogP) is 6.06. The van der Waals surface area contributed by atoms with E-state index >= 15 is 0 Å². The van der Waals surface area contributed by atoms with E-state index in [-0.39, 0.29) is 11.5 Å². The second-order valence-electron chi connectivity index (χ2n) is 8.43. The summed E-state index contributed by atoms with van der Waals surface area (Å²) in [5.74, 6) is 1.37. The summed E-state index contributed by atoms with van der Waals surface area (Å²) < 4.78 is 6.08. The van der Waals surface area contributed by atoms with Gasteiger partial charge in [0.25, 0.3) is 0 Å². The van der Waals surface area contributed by atoms with Crippen LogP contribution >= 0.6 is 0 Å². The molecule has 4 nitrogen and oxygen atoms in total. The van der Waals surface area contributed by atoms with Crippen LogP contribution in [0.3, 0.4) is 0 Å². The van der Waals surface area contributed by atoms with E-state index < -0.39 is 0 Å². The number of aromatic hydroxyl groups is 1. The molecule has 1 heterocycles. The van der Waals surface area contributed by atoms with Crippen molar-refractivity contribution < 1.29 is 14.6 Å². The summed E-state index contributed by atoms with van der Waals surface area (Å²) in [6, 6.07) is 9.87. The molecule has 160 valence electrons. The van der Waals surface area contributed by atoms with E-state index in [9.17, 15) is 9.90 Å². The molecule has 0 bridgehead atoms. The minimum Gasteiger partial charge on any atom is -0.507 e. The van der Waals surface area contributed by atoms with Crippen LogP contribution in [-0.2, 0) is 6.54 Å². The number of hydrogen-bond donors (Lipinski definition) is 1. The highest BCUT2D eigenvalue weighted by molar-refractivity contribution is 6.15. The number of rotatable bonds is 8. The third-order valence-electron chi connectivity index (χ3n) is 5.58. The molecule has 4 heteroatoms. The van der Waals surface area contributed by atoms with E-state index in [1.165, 1.54) is 5.56 Å². The molecule has 0 saturated carbocycles. The Hall–Kier alpha value is -2.59. The topological polar surface area (TPSA) is 49.8 Å². The molecule has 1 aliphatic heterocycles. The average molecular weight is 408 g/mol. The molecule has 0 amide bonds. The number of phenols is 1. The van der Waals surface area contributed by atoms with Crippen LogP contribution in [-0.4, -0.2) is 28.9 Å². The number of benzene rings is 2. The van der Waals surface area contributed by atoms with Crippen LogP contribution in [0, 0.1) is 6.92 Å². The van der Waals surface area contributed by atoms with Crippen molar-refractivity contribution in [3.63, 3.8) is 0 Å². The zero-order chi connectivity index (χ0) is 21.8. The van der Waals surface area contributed by atoms with Crippen LogP contribution < -0.4 is 4.74 Å². The maximum absolute atomic E-state index is 13.1. The molecule has 0 radical (unpaired) electrons. The number of carbonyl (C=O) groups is 1. The third kappa shape index (κ3) is 4.59. The van der Waals surface area contributed by atoms with Crippen LogP contribution in [0.2, 0.25) is 0 Å². The average Bonchev–Trinajstić information content (AvgIpc) is 3.02. The normalized spacial score (nSPS) is 14.6. The van der Waals surface area contributed by atoms with Gasteiger partial charge in [0.05, 0.1) is 11.1 Å². The first kappa shape index (κ1) is 22.1. The van der Waals surface area contributed by atoms with Crippen molar-refractivity contribution in [2.24, 2.45) is 0 Å². The van der Waals surface area contributed by atoms with E-state index in [0.29, 0.717) is 35.1 Å². The van der Waals surface area contributed by atoms with Gasteiger partial charge in [-0.1, -0.05) is 52.0 Å². The third-order valence-corrected chi connectivity index (χ3v) is 5.58. The number of fused-ring (bicyclic) bond motifs is 1. The van der Waals surface area contributed by atoms with Gasteiger partial charge in [-0.3, -0.25) is 9.69 Å². The lowest BCUT2D eigenvalue weighted by molar-refractivity contribution is 0.101. The molecule has 30 heavy (non-hydrogen) atoms. The maximum Gasteiger partial charge on any atom is 0.232 e. The van der Waals surface area contributed by atoms with E-state index in [1.807, 2.05) is 19.1 Å². The molecule has 3 rings (SSSR count). The largest absolute Gasteiger partial charge is 0.507 e. The van der Waals surface area contributed by atoms with Gasteiger partial charge in [-0.2, -0.15) is 0 Å². The quantitative estimate of drug-likeness (QED) is 0.540. The van der Waals surface area contributed by atoms with Gasteiger partial charge in [0.2, 0.25) is 5.78 Å². The first-order valence-electron chi connectivity index (χ1n) is 11.0. The Balaban J connectivity index is 1.95. The zero-order valence-corrected chi connectivity index (χ0v) is 18.8. The van der Waals surface area contributed by atoms with Gasteiger partial charge < -0.3 is 9.84 Å². The fraction of sp³-hybridized carbons (Fsp3) is 0.423. The van der Waals surface area contributed by atoms with E-state index in [4.69, 9.17) is 4.74 Å². The SMILES string of the molecule is CCCN(CCC)Cc1c(O)cc(C)c2c1O/C(=C/c1ccc(C(C)C)cc1)C2=O. The standard InChI is InChI=1S/C26H33NO3/c1-6-12-27(13-7-2)16-21-22(28)14-18(5)24-25(29)23(30-26(21)24)15-19-8-10-20(11-9-19)17(3)4/h8-11,14-15,17,28H,6-7,12-13,16H2,1-5H3/b23-15+. The van der Waals surface area contributed by atoms with Crippen molar-refractivity contribution in [3.8, 4) is 11.5 Å². The lowest BCUT2D eigenvalue weighted by Crippen LogP contribution is -2.25. The summed E-state index contributed by atoms with van der Waals surface area (Å²) in [6.07, 6.45) is 3.86. The predicted molar refractivity (Wildman–Crippen MR) is 122 cm³/mol. The molecule has 0 fully saturated rings. The maximum atomic E-state index is 13.1. The number of ketones is 1. The minimum absolute atomic E-state index is 0.116. The highest BCUT2D eigenvalue weighted by Crippen LogP contribution is 2.42. The summed E-state index contributed by atoms with van der Waals surface area (Å²) >= 11 is 0. The Morgan fingerprint density at radius 1 is 1.10 bits per heavy atom. The monoisotopic (exact) mass is 407 g/mol. The van der Waals surface area contributed by atoms with Gasteiger partial charge >= 0.3 is 0 Å². The lowest BCUT2D eigenvalue weighted by Gasteiger charge is -2.22. The van der Waals surface area contributed by atoms with Gasteiger partial charge in [0, 0.05) is 6.54 Å². The van der Waals surface area contributed by atoms with Gasteiger partial charge in [-0.05, 0) is 67.6 Å². The van der Waals surface area contributed by atoms with Crippen molar-refractivity contribution in [2.75, 3.05) is 13.1 Å². The van der Waals surface area contributed by atoms with Crippen molar-refractivity contribution in [3.05, 3.63) is 63.9 Å². The van der Waals surface area contributed by atoms with Gasteiger partial charge in [0.1, 0.15) is 11.5 Å². The summed E-state index contributed by atoms with van der Waals surface area (Å²) in [4.78, 5) is 15.4. The number of aryl methyl sites for hydroxylation is 1. The van der Waals surface area contributed by atoms with E-state index in [2.05, 4.69) is 44.7 Å². The number of carbonyl (C=O) groups excluding carboxylic acids is 1. The van der Waals surface area contributed by atoms with Crippen molar-refractivity contribution >= 4 is 11.9 Å². The Kier molecular flexibility index (Phi) is 6.99. The summed E-state index contributed by atoms with van der Waals surface area (Å²) in [5.41, 5.74) is 4.20. The van der Waals surface area contributed by atoms with Gasteiger partial charge in [-0.25, -0.2) is 0 Å². The first-order valence-corrected chi connectivity index (χ1v) is 11.0. The zero-order valence-electron chi connectivity index (χ0n) is 18.8. The molecule has 2 aromatic carbocycles. The summed E-state index contributed by atoms with van der Waals surface area (Å²) in [5, 5.41) is 10.6. The number of Topliss-reactive ketones (excluding diaryl/α,β-unsaturated/α-hetero) is 1. The van der Waals surface area contributed by atoms with Crippen LogP contribution in [0.4, 0.5) is 0 Å². The fourth-order valence-corrected chi connectivity index (χ4v) is 3.99. The van der Waals surface area contributed by atoms with Crippen molar-refractivity contribution in [1.82, 2.24) is 4.90 Å². The van der Waals surface area contributed by atoms with Crippen LogP contribution in [0.5, 0.6) is 11.5 Å². The van der Waals surface area contributed by atoms with Crippen LogP contribution in [0.1, 0.15) is 79.1 Å².